The molecule has 0 radical (unpaired) electrons. The number of hydrogen-bond donors (Lipinski definition) is 2. The largest absolute Gasteiger partial charge is 0.326 e. The number of nitrogens with zero attached hydrogens (tertiary/aromatic N) is 1. The van der Waals surface area contributed by atoms with Gasteiger partial charge in [-0.05, 0) is 60.5 Å². The molecule has 0 spiro atoms. The first-order valence-corrected chi connectivity index (χ1v) is 11.9. The van der Waals surface area contributed by atoms with Gasteiger partial charge in [0.2, 0.25) is 21.8 Å². The summed E-state index contributed by atoms with van der Waals surface area (Å²) in [6, 6.07) is 19.8. The second-order valence-electron chi connectivity index (χ2n) is 7.46. The van der Waals surface area contributed by atoms with Crippen molar-refractivity contribution in [2.45, 2.75) is 25.3 Å². The molecule has 7 nitrogen and oxygen atoms in total. The maximum absolute atomic E-state index is 13.4. The highest BCUT2D eigenvalue weighted by Gasteiger charge is 2.27. The fraction of sp³-hybridized carbons (Fsp3) is 0.167. The minimum absolute atomic E-state index is 0.0248. The van der Waals surface area contributed by atoms with Crippen molar-refractivity contribution in [1.29, 1.82) is 0 Å². The van der Waals surface area contributed by atoms with Gasteiger partial charge in [0.05, 0.1) is 11.4 Å². The maximum atomic E-state index is 13.4. The molecule has 0 saturated heterocycles. The Bertz CT molecular complexity index is 1260. The summed E-state index contributed by atoms with van der Waals surface area (Å²) in [4.78, 5) is 24.2. The number of benzene rings is 3. The normalized spacial score (nSPS) is 11.3. The zero-order valence-electron chi connectivity index (χ0n) is 18.2. The highest BCUT2D eigenvalue weighted by molar-refractivity contribution is 7.89. The molecule has 0 unspecified atom stereocenters. The molecule has 0 aliphatic heterocycles. The van der Waals surface area contributed by atoms with Gasteiger partial charge in [-0.15, -0.1) is 0 Å². The Kier molecular flexibility index (Phi) is 7.86. The minimum atomic E-state index is -3.99. The van der Waals surface area contributed by atoms with E-state index in [4.69, 9.17) is 11.6 Å². The smallest absolute Gasteiger partial charge is 0.243 e. The van der Waals surface area contributed by atoms with Crippen LogP contribution in [0.15, 0.2) is 77.7 Å². The molecule has 0 fully saturated rings. The number of carbonyl (C=O) groups excluding carboxylic acids is 2. The Morgan fingerprint density at radius 1 is 0.909 bits per heavy atom. The molecular formula is C24H24ClN3O4S. The average molecular weight is 486 g/mol. The van der Waals surface area contributed by atoms with Crippen molar-refractivity contribution < 1.29 is 18.0 Å². The first-order valence-electron chi connectivity index (χ1n) is 10.1. The second kappa shape index (κ2) is 10.6. The Labute approximate surface area is 198 Å². The van der Waals surface area contributed by atoms with Gasteiger partial charge in [-0.2, -0.15) is 4.31 Å². The summed E-state index contributed by atoms with van der Waals surface area (Å²) in [6.07, 6.45) is 0. The summed E-state index contributed by atoms with van der Waals surface area (Å²) in [5.41, 5.74) is 2.66. The number of hydrogen-bond acceptors (Lipinski definition) is 4. The van der Waals surface area contributed by atoms with Crippen molar-refractivity contribution in [1.82, 2.24) is 4.31 Å². The number of anilines is 2. The third kappa shape index (κ3) is 6.64. The van der Waals surface area contributed by atoms with Crippen LogP contribution in [-0.4, -0.2) is 31.1 Å². The SMILES string of the molecule is CC(=O)Nc1cccc(NC(=O)CN(Cc2ccccc2C)S(=O)(=O)c2ccc(Cl)cc2)c1. The van der Waals surface area contributed by atoms with Crippen LogP contribution in [0, 0.1) is 6.92 Å². The third-order valence-electron chi connectivity index (χ3n) is 4.85. The van der Waals surface area contributed by atoms with Gasteiger partial charge in [-0.3, -0.25) is 9.59 Å². The number of aryl methyl sites for hydroxylation is 1. The first-order chi connectivity index (χ1) is 15.6. The molecule has 3 aromatic carbocycles. The summed E-state index contributed by atoms with van der Waals surface area (Å²) in [5, 5.41) is 5.76. The highest BCUT2D eigenvalue weighted by Crippen LogP contribution is 2.22. The van der Waals surface area contributed by atoms with Crippen molar-refractivity contribution >= 4 is 44.8 Å². The van der Waals surface area contributed by atoms with Crippen molar-refractivity contribution in [3.63, 3.8) is 0 Å². The molecule has 3 rings (SSSR count). The van der Waals surface area contributed by atoms with Gasteiger partial charge in [0.1, 0.15) is 0 Å². The highest BCUT2D eigenvalue weighted by atomic mass is 35.5. The average Bonchev–Trinajstić information content (AvgIpc) is 2.75. The van der Waals surface area contributed by atoms with E-state index in [9.17, 15) is 18.0 Å². The first kappa shape index (κ1) is 24.4. The molecule has 0 heterocycles. The van der Waals surface area contributed by atoms with Crippen LogP contribution in [0.2, 0.25) is 5.02 Å². The van der Waals surface area contributed by atoms with Gasteiger partial charge < -0.3 is 10.6 Å². The lowest BCUT2D eigenvalue weighted by molar-refractivity contribution is -0.116. The number of amides is 2. The zero-order chi connectivity index (χ0) is 24.0. The number of carbonyl (C=O) groups is 2. The lowest BCUT2D eigenvalue weighted by atomic mass is 10.1. The molecule has 0 saturated carbocycles. The molecule has 0 bridgehead atoms. The summed E-state index contributed by atoms with van der Waals surface area (Å²) in [5.74, 6) is -0.752. The van der Waals surface area contributed by atoms with Gasteiger partial charge in [-0.25, -0.2) is 8.42 Å². The van der Waals surface area contributed by atoms with Crippen molar-refractivity contribution in [3.8, 4) is 0 Å². The summed E-state index contributed by atoms with van der Waals surface area (Å²) in [6.45, 7) is 2.90. The maximum Gasteiger partial charge on any atom is 0.243 e. The number of sulfonamides is 1. The molecular weight excluding hydrogens is 462 g/mol. The van der Waals surface area contributed by atoms with E-state index in [-0.39, 0.29) is 17.3 Å². The van der Waals surface area contributed by atoms with E-state index >= 15 is 0 Å². The lowest BCUT2D eigenvalue weighted by Gasteiger charge is -2.23. The van der Waals surface area contributed by atoms with E-state index < -0.39 is 22.5 Å². The number of rotatable bonds is 8. The lowest BCUT2D eigenvalue weighted by Crippen LogP contribution is -2.37. The predicted molar refractivity (Wildman–Crippen MR) is 130 cm³/mol. The van der Waals surface area contributed by atoms with Crippen LogP contribution in [0.25, 0.3) is 0 Å². The van der Waals surface area contributed by atoms with E-state index in [0.29, 0.717) is 16.4 Å². The van der Waals surface area contributed by atoms with Crippen molar-refractivity contribution in [2.24, 2.45) is 0 Å². The van der Waals surface area contributed by atoms with Crippen LogP contribution in [-0.2, 0) is 26.2 Å². The monoisotopic (exact) mass is 485 g/mol. The van der Waals surface area contributed by atoms with Crippen LogP contribution in [0.3, 0.4) is 0 Å². The standard InChI is InChI=1S/C24H24ClN3O4S/c1-17-6-3-4-7-19(17)15-28(33(31,32)23-12-10-20(25)11-13-23)16-24(30)27-22-9-5-8-21(14-22)26-18(2)29/h3-14H,15-16H2,1-2H3,(H,26,29)(H,27,30). The molecule has 172 valence electrons. The second-order valence-corrected chi connectivity index (χ2v) is 9.84. The van der Waals surface area contributed by atoms with Gasteiger partial charge in [0.25, 0.3) is 0 Å². The van der Waals surface area contributed by atoms with E-state index in [1.165, 1.54) is 31.2 Å². The van der Waals surface area contributed by atoms with Gasteiger partial charge >= 0.3 is 0 Å². The van der Waals surface area contributed by atoms with E-state index in [1.54, 1.807) is 24.3 Å². The molecule has 9 heteroatoms. The molecule has 0 aliphatic rings. The molecule has 2 N–H and O–H groups in total. The predicted octanol–water partition coefficient (Wildman–Crippen LogP) is 4.44. The van der Waals surface area contributed by atoms with Crippen LogP contribution < -0.4 is 10.6 Å². The molecule has 0 aromatic heterocycles. The number of halogens is 1. The summed E-state index contributed by atoms with van der Waals surface area (Å²) < 4.78 is 27.9. The zero-order valence-corrected chi connectivity index (χ0v) is 19.8. The quantitative estimate of drug-likeness (QED) is 0.493. The van der Waals surface area contributed by atoms with Crippen molar-refractivity contribution in [3.05, 3.63) is 88.9 Å². The van der Waals surface area contributed by atoms with Gasteiger partial charge in [0.15, 0.2) is 0 Å². The fourth-order valence-electron chi connectivity index (χ4n) is 3.20. The van der Waals surface area contributed by atoms with Crippen molar-refractivity contribution in [2.75, 3.05) is 17.2 Å². The molecule has 0 atom stereocenters. The molecule has 3 aromatic rings. The van der Waals surface area contributed by atoms with Crippen LogP contribution in [0.1, 0.15) is 18.1 Å². The summed E-state index contributed by atoms with van der Waals surface area (Å²) in [7, 11) is -3.99. The van der Waals surface area contributed by atoms with Crippen LogP contribution >= 0.6 is 11.6 Å². The Morgan fingerprint density at radius 3 is 2.18 bits per heavy atom. The van der Waals surface area contributed by atoms with Gasteiger partial charge in [0, 0.05) is 29.9 Å². The van der Waals surface area contributed by atoms with E-state index in [0.717, 1.165) is 15.4 Å². The third-order valence-corrected chi connectivity index (χ3v) is 6.90. The molecule has 0 aliphatic carbocycles. The minimum Gasteiger partial charge on any atom is -0.326 e. The van der Waals surface area contributed by atoms with Crippen LogP contribution in [0.4, 0.5) is 11.4 Å². The van der Waals surface area contributed by atoms with Gasteiger partial charge in [-0.1, -0.05) is 41.9 Å². The fourth-order valence-corrected chi connectivity index (χ4v) is 4.70. The molecule has 2 amide bonds. The Hall–Kier alpha value is -3.20. The molecule has 33 heavy (non-hydrogen) atoms. The summed E-state index contributed by atoms with van der Waals surface area (Å²) >= 11 is 5.91. The Balaban J connectivity index is 1.86. The number of nitrogens with one attached hydrogen (secondary N) is 2. The van der Waals surface area contributed by atoms with E-state index in [2.05, 4.69) is 10.6 Å². The van der Waals surface area contributed by atoms with E-state index in [1.807, 2.05) is 31.2 Å². The topological polar surface area (TPSA) is 95.6 Å². The Morgan fingerprint density at radius 2 is 1.55 bits per heavy atom. The van der Waals surface area contributed by atoms with Crippen LogP contribution in [0.5, 0.6) is 0 Å².